The standard InChI is InChI=1S/C19H19BrF3NO3.C16H20BrF3O3.C11H12BrF3O2.C9H8BrF3.C8H4BrF3O.C8H16O3.CH4O/c1-13(24-18(25)27-12-14-5-3-2-4-6-14)10-26-11-15-7-16(19(21,22)23)9-17(20)8-15;1-11(23-15-4-2-3-5-22-15)9-21-10-12-6-13(16(18,19)20)8-14(17)7-12;1-7(16)5-17-6-8-2-9(11(13,14)15)4-10(12)3-8;1-2-6-3-7(9(11,12)13)5-8(10)4-6;9-7-2-5(4-13)1-6(3-7)8(10,11)12;1-7(6-9)11-8-4-2-3-5-10-8;1-2/h2-9,13H,10-12H2,1H3,(H,24,25);6-8,11,15H,2-5,9-10H2,1H3;2-4,7,16H,5-6H2,1H3;3-5H,2H2,1H3;1-4H;7-9H,2-6H2,1H3;2H,1H3/t13-;11-,15?;7-;;;7-,8?;/m011..1./s1. The highest BCUT2D eigenvalue weighted by Gasteiger charge is 2.35. The van der Waals surface area contributed by atoms with Crippen molar-refractivity contribution >= 4 is 92.0 Å². The summed E-state index contributed by atoms with van der Waals surface area (Å²) in [5, 5.41) is 27.2. The minimum Gasteiger partial charge on any atom is -0.445 e. The first-order chi connectivity index (χ1) is 49.6. The Morgan fingerprint density at radius 1 is 0.491 bits per heavy atom. The first-order valence-electron chi connectivity index (χ1n) is 32.3. The first-order valence-corrected chi connectivity index (χ1v) is 36.3. The fourth-order valence-electron chi connectivity index (χ4n) is 8.84. The minimum absolute atomic E-state index is 0.00157. The molecule has 106 heavy (non-hydrogen) atoms. The molecule has 6 atom stereocenters. The van der Waals surface area contributed by atoms with E-state index in [-0.39, 0.29) is 87.1 Å². The number of rotatable bonds is 22. The van der Waals surface area contributed by atoms with Crippen LogP contribution in [0.25, 0.3) is 0 Å². The summed E-state index contributed by atoms with van der Waals surface area (Å²) >= 11 is 15.1. The minimum atomic E-state index is -4.42. The molecule has 6 aromatic rings. The van der Waals surface area contributed by atoms with Gasteiger partial charge in [-0.05, 0) is 191 Å². The fourth-order valence-corrected chi connectivity index (χ4v) is 11.5. The van der Waals surface area contributed by atoms with Crippen LogP contribution in [0.2, 0.25) is 0 Å². The van der Waals surface area contributed by atoms with Gasteiger partial charge in [0.1, 0.15) is 12.9 Å². The Hall–Kier alpha value is -4.79. The molecule has 2 heterocycles. The molecule has 594 valence electrons. The molecule has 0 radical (unpaired) electrons. The van der Waals surface area contributed by atoms with Crippen molar-refractivity contribution in [2.75, 3.05) is 46.8 Å². The van der Waals surface area contributed by atoms with Gasteiger partial charge in [0.05, 0.1) is 98.4 Å². The monoisotopic (exact) mass is 1850 g/mol. The smallest absolute Gasteiger partial charge is 0.416 e. The van der Waals surface area contributed by atoms with Crippen molar-refractivity contribution in [2.45, 2.75) is 174 Å². The number of alkyl halides is 15. The summed E-state index contributed by atoms with van der Waals surface area (Å²) < 4.78 is 232. The number of aliphatic hydroxyl groups excluding tert-OH is 3. The van der Waals surface area contributed by atoms with E-state index in [0.717, 1.165) is 106 Å². The number of hydrogen-bond donors (Lipinski definition) is 4. The SMILES string of the molecule is CCc1cc(Br)cc(C(F)(F)F)c1.CO.C[C@@H](COCc1cc(Br)cc(C(F)(F)F)c1)NC(=O)OCc1ccccc1.C[C@@H](O)COCc1cc(Br)cc(C(F)(F)F)c1.C[C@H](CO)OC1CCCCO1.C[C@H](COCc1cc(Br)cc(C(F)(F)F)c1)OC1CCCCO1.O=Cc1cc(Br)cc(C(F)(F)F)c1. The highest BCUT2D eigenvalue weighted by atomic mass is 79.9. The zero-order valence-electron chi connectivity index (χ0n) is 58.1. The molecule has 2 fully saturated rings. The first kappa shape index (κ1) is 97.3. The van der Waals surface area contributed by atoms with Gasteiger partial charge in [-0.1, -0.05) is 117 Å². The van der Waals surface area contributed by atoms with Crippen LogP contribution in [0.5, 0.6) is 0 Å². The maximum atomic E-state index is 12.8. The molecule has 2 unspecified atom stereocenters. The van der Waals surface area contributed by atoms with E-state index in [1.807, 2.05) is 51.1 Å². The van der Waals surface area contributed by atoms with E-state index < -0.39 is 70.9 Å². The number of amides is 1. The quantitative estimate of drug-likeness (QED) is 0.0373. The molecule has 0 bridgehead atoms. The summed E-state index contributed by atoms with van der Waals surface area (Å²) in [5.74, 6) is 0. The number of nitrogens with one attached hydrogen (secondary N) is 1. The summed E-state index contributed by atoms with van der Waals surface area (Å²) in [7, 11) is 1.00. The van der Waals surface area contributed by atoms with Crippen LogP contribution in [0.15, 0.2) is 144 Å². The van der Waals surface area contributed by atoms with Gasteiger partial charge in [0.25, 0.3) is 0 Å². The molecule has 0 aliphatic carbocycles. The molecule has 0 spiro atoms. The second kappa shape index (κ2) is 49.5. The van der Waals surface area contributed by atoms with Crippen molar-refractivity contribution in [1.29, 1.82) is 0 Å². The summed E-state index contributed by atoms with van der Waals surface area (Å²) in [6, 6.07) is 26.8. The van der Waals surface area contributed by atoms with E-state index in [1.54, 1.807) is 38.1 Å². The third-order valence-electron chi connectivity index (χ3n) is 13.7. The van der Waals surface area contributed by atoms with Gasteiger partial charge < -0.3 is 58.5 Å². The number of alkyl carbamates (subject to hydrolysis) is 1. The summed E-state index contributed by atoms with van der Waals surface area (Å²) in [6.45, 7) is 11.2. The number of aliphatic hydroxyl groups is 3. The van der Waals surface area contributed by atoms with Crippen LogP contribution < -0.4 is 5.32 Å². The Labute approximate surface area is 647 Å². The molecule has 1 amide bonds. The van der Waals surface area contributed by atoms with Gasteiger partial charge in [-0.2, -0.15) is 65.9 Å². The molecule has 2 aliphatic heterocycles. The normalized spacial score (nSPS) is 15.7. The molecule has 8 rings (SSSR count). The van der Waals surface area contributed by atoms with E-state index in [9.17, 15) is 75.4 Å². The van der Waals surface area contributed by atoms with Gasteiger partial charge >= 0.3 is 37.0 Å². The molecule has 0 saturated carbocycles. The average molecular weight is 1850 g/mol. The molecule has 0 aromatic heterocycles. The number of halogens is 20. The fraction of sp³-hybridized carbons (Fsp3) is 0.472. The highest BCUT2D eigenvalue weighted by Crippen LogP contribution is 2.37. The van der Waals surface area contributed by atoms with Crippen LogP contribution in [0.4, 0.5) is 70.7 Å². The lowest BCUT2D eigenvalue weighted by Gasteiger charge is -2.26. The largest absolute Gasteiger partial charge is 0.445 e. The number of benzene rings is 6. The lowest BCUT2D eigenvalue weighted by atomic mass is 10.1. The number of hydrogen-bond acceptors (Lipinski definition) is 13. The predicted octanol–water partition coefficient (Wildman–Crippen LogP) is 21.4. The van der Waals surface area contributed by atoms with Crippen LogP contribution in [0.3, 0.4) is 0 Å². The van der Waals surface area contributed by atoms with Crippen LogP contribution in [0, 0.1) is 0 Å². The number of aryl methyl sites for hydroxylation is 1. The van der Waals surface area contributed by atoms with Crippen molar-refractivity contribution in [3.05, 3.63) is 205 Å². The summed E-state index contributed by atoms with van der Waals surface area (Å²) in [5.41, 5.74) is -0.771. The molecule has 6 aromatic carbocycles. The molecule has 14 nitrogen and oxygen atoms in total. The van der Waals surface area contributed by atoms with E-state index in [4.69, 9.17) is 53.2 Å². The van der Waals surface area contributed by atoms with Gasteiger partial charge in [0.2, 0.25) is 0 Å². The Morgan fingerprint density at radius 2 is 0.849 bits per heavy atom. The van der Waals surface area contributed by atoms with Crippen molar-refractivity contribution in [1.82, 2.24) is 5.32 Å². The lowest BCUT2D eigenvalue weighted by molar-refractivity contribution is -0.194. The average Bonchev–Trinajstić information content (AvgIpc) is 0.860. The second-order valence-electron chi connectivity index (χ2n) is 23.3. The summed E-state index contributed by atoms with van der Waals surface area (Å²) in [4.78, 5) is 22.0. The van der Waals surface area contributed by atoms with Gasteiger partial charge in [-0.15, -0.1) is 0 Å². The molecule has 2 aliphatic rings. The van der Waals surface area contributed by atoms with Crippen LogP contribution in [0.1, 0.15) is 139 Å². The van der Waals surface area contributed by atoms with Crippen LogP contribution in [-0.2, 0) is 102 Å². The Bertz CT molecular complexity index is 3490. The van der Waals surface area contributed by atoms with Crippen molar-refractivity contribution < 1.29 is 129 Å². The van der Waals surface area contributed by atoms with Gasteiger partial charge in [-0.3, -0.25) is 4.79 Å². The van der Waals surface area contributed by atoms with Gasteiger partial charge in [0, 0.05) is 48.3 Å². The Balaban J connectivity index is 0.000000442. The lowest BCUT2D eigenvalue weighted by Crippen LogP contribution is -2.36. The van der Waals surface area contributed by atoms with Crippen LogP contribution >= 0.6 is 79.6 Å². The van der Waals surface area contributed by atoms with Crippen LogP contribution in [-0.4, -0.2) is 111 Å². The zero-order valence-corrected chi connectivity index (χ0v) is 66.0. The predicted molar refractivity (Wildman–Crippen MR) is 384 cm³/mol. The molecule has 34 heteroatoms. The Morgan fingerprint density at radius 3 is 1.21 bits per heavy atom. The topological polar surface area (TPSA) is 181 Å². The van der Waals surface area contributed by atoms with Crippen molar-refractivity contribution in [2.24, 2.45) is 0 Å². The molecule has 4 N–H and O–H groups in total. The van der Waals surface area contributed by atoms with Crippen molar-refractivity contribution in [3.8, 4) is 0 Å². The maximum Gasteiger partial charge on any atom is 0.416 e. The van der Waals surface area contributed by atoms with Gasteiger partial charge in [0.15, 0.2) is 12.6 Å². The summed E-state index contributed by atoms with van der Waals surface area (Å²) in [6.07, 6.45) is -16.4. The van der Waals surface area contributed by atoms with E-state index in [0.29, 0.717) is 66.1 Å². The molecular formula is C72H83Br5F15NO13. The van der Waals surface area contributed by atoms with Crippen molar-refractivity contribution in [3.63, 3.8) is 0 Å². The third kappa shape index (κ3) is 42.4. The zero-order chi connectivity index (χ0) is 80.0. The number of carbonyl (C=O) groups is 2. The van der Waals surface area contributed by atoms with E-state index >= 15 is 0 Å². The number of carbonyl (C=O) groups excluding carboxylic acids is 2. The van der Waals surface area contributed by atoms with Gasteiger partial charge in [-0.25, -0.2) is 4.79 Å². The molecule has 2 saturated heterocycles. The highest BCUT2D eigenvalue weighted by molar-refractivity contribution is 9.11. The van der Waals surface area contributed by atoms with E-state index in [2.05, 4.69) is 85.0 Å². The third-order valence-corrected chi connectivity index (χ3v) is 16.0. The number of ether oxygens (including phenoxy) is 8. The number of aldehydes is 1. The maximum absolute atomic E-state index is 12.8. The Kier molecular flexibility index (Phi) is 45.4. The molecular weight excluding hydrogens is 1770 g/mol. The second-order valence-corrected chi connectivity index (χ2v) is 27.9. The van der Waals surface area contributed by atoms with E-state index in [1.165, 1.54) is 18.6 Å².